The molecule has 0 unspecified atom stereocenters. The Kier molecular flexibility index (Phi) is 7.19. The number of halogens is 1. The molecule has 0 atom stereocenters. The van der Waals surface area contributed by atoms with Gasteiger partial charge in [0, 0.05) is 18.4 Å². The molecule has 0 saturated heterocycles. The Morgan fingerprint density at radius 3 is 2.38 bits per heavy atom. The van der Waals surface area contributed by atoms with Crippen molar-refractivity contribution in [2.75, 3.05) is 25.6 Å². The van der Waals surface area contributed by atoms with Crippen LogP contribution in [0.4, 0.5) is 10.1 Å². The van der Waals surface area contributed by atoms with Crippen molar-refractivity contribution in [2.24, 2.45) is 0 Å². The van der Waals surface area contributed by atoms with Gasteiger partial charge in [-0.2, -0.15) is 0 Å². The Labute approximate surface area is 169 Å². The van der Waals surface area contributed by atoms with E-state index in [1.807, 2.05) is 0 Å². The van der Waals surface area contributed by atoms with E-state index in [0.717, 1.165) is 5.56 Å². The van der Waals surface area contributed by atoms with Gasteiger partial charge in [0.2, 0.25) is 0 Å². The molecule has 0 aromatic heterocycles. The molecule has 1 amide bonds. The van der Waals surface area contributed by atoms with E-state index in [2.05, 4.69) is 5.32 Å². The van der Waals surface area contributed by atoms with Crippen molar-refractivity contribution in [3.05, 3.63) is 89.7 Å². The van der Waals surface area contributed by atoms with Crippen LogP contribution in [-0.2, 0) is 11.3 Å². The number of benzene rings is 3. The lowest BCUT2D eigenvalue weighted by atomic mass is 10.2. The molecule has 3 rings (SSSR count). The van der Waals surface area contributed by atoms with Gasteiger partial charge >= 0.3 is 0 Å². The summed E-state index contributed by atoms with van der Waals surface area (Å²) in [7, 11) is 1.62. The lowest BCUT2D eigenvalue weighted by molar-refractivity contribution is 0.102. The van der Waals surface area contributed by atoms with Gasteiger partial charge in [-0.1, -0.05) is 18.2 Å². The van der Waals surface area contributed by atoms with Crippen LogP contribution in [-0.4, -0.2) is 26.2 Å². The van der Waals surface area contributed by atoms with Gasteiger partial charge in [0.15, 0.2) is 0 Å². The molecule has 0 aliphatic carbocycles. The minimum absolute atomic E-state index is 0.245. The highest BCUT2D eigenvalue weighted by molar-refractivity contribution is 6.04. The number of nitrogens with one attached hydrogen (secondary N) is 1. The first-order valence-electron chi connectivity index (χ1n) is 9.14. The number of carbonyl (C=O) groups is 1. The molecular weight excluding hydrogens is 373 g/mol. The summed E-state index contributed by atoms with van der Waals surface area (Å²) >= 11 is 0. The van der Waals surface area contributed by atoms with E-state index >= 15 is 0 Å². The maximum absolute atomic E-state index is 13.0. The van der Waals surface area contributed by atoms with Crippen molar-refractivity contribution in [3.8, 4) is 11.5 Å². The molecule has 0 aliphatic rings. The number of hydrogen-bond donors (Lipinski definition) is 1. The summed E-state index contributed by atoms with van der Waals surface area (Å²) in [6.07, 6.45) is 0. The first kappa shape index (κ1) is 20.4. The zero-order valence-corrected chi connectivity index (χ0v) is 16.1. The van der Waals surface area contributed by atoms with Crippen LogP contribution in [0.25, 0.3) is 0 Å². The van der Waals surface area contributed by atoms with Gasteiger partial charge in [-0.15, -0.1) is 0 Å². The first-order chi connectivity index (χ1) is 14.1. The lowest BCUT2D eigenvalue weighted by Gasteiger charge is -2.10. The Balaban J connectivity index is 1.56. The number of rotatable bonds is 9. The largest absolute Gasteiger partial charge is 0.491 e. The highest BCUT2D eigenvalue weighted by Crippen LogP contribution is 2.19. The van der Waals surface area contributed by atoms with Crippen LogP contribution in [0, 0.1) is 5.82 Å². The standard InChI is InChI=1S/C23H22FNO4/c1-27-13-14-28-21-11-9-20(10-12-21)25-23(26)18-3-2-4-22(15-18)29-16-17-5-7-19(24)8-6-17/h2-12,15H,13-14,16H2,1H3,(H,25,26). The highest BCUT2D eigenvalue weighted by Gasteiger charge is 2.08. The van der Waals surface area contributed by atoms with Crippen molar-refractivity contribution >= 4 is 11.6 Å². The molecule has 3 aromatic rings. The number of ether oxygens (including phenoxy) is 3. The fourth-order valence-electron chi connectivity index (χ4n) is 2.56. The number of amides is 1. The molecule has 0 aliphatic heterocycles. The molecule has 0 fully saturated rings. The quantitative estimate of drug-likeness (QED) is 0.535. The van der Waals surface area contributed by atoms with Gasteiger partial charge in [-0.3, -0.25) is 4.79 Å². The van der Waals surface area contributed by atoms with E-state index in [4.69, 9.17) is 14.2 Å². The summed E-state index contributed by atoms with van der Waals surface area (Å²) in [5.74, 6) is 0.729. The van der Waals surface area contributed by atoms with Crippen LogP contribution in [0.1, 0.15) is 15.9 Å². The van der Waals surface area contributed by atoms with Gasteiger partial charge in [0.05, 0.1) is 6.61 Å². The molecule has 29 heavy (non-hydrogen) atoms. The van der Waals surface area contributed by atoms with Crippen LogP contribution in [0.15, 0.2) is 72.8 Å². The summed E-state index contributed by atoms with van der Waals surface area (Å²) in [6, 6.07) is 20.1. The Bertz CT molecular complexity index is 926. The Hall–Kier alpha value is -3.38. The minimum Gasteiger partial charge on any atom is -0.491 e. The zero-order valence-electron chi connectivity index (χ0n) is 16.1. The van der Waals surface area contributed by atoms with Gasteiger partial charge < -0.3 is 19.5 Å². The van der Waals surface area contributed by atoms with Crippen LogP contribution >= 0.6 is 0 Å². The molecule has 1 N–H and O–H groups in total. The second-order valence-electron chi connectivity index (χ2n) is 6.26. The van der Waals surface area contributed by atoms with Gasteiger partial charge in [0.25, 0.3) is 5.91 Å². The van der Waals surface area contributed by atoms with Crippen molar-refractivity contribution in [1.29, 1.82) is 0 Å². The lowest BCUT2D eigenvalue weighted by Crippen LogP contribution is -2.12. The maximum atomic E-state index is 13.0. The molecule has 0 heterocycles. The predicted molar refractivity (Wildman–Crippen MR) is 109 cm³/mol. The fraction of sp³-hybridized carbons (Fsp3) is 0.174. The Morgan fingerprint density at radius 2 is 1.66 bits per heavy atom. The smallest absolute Gasteiger partial charge is 0.255 e. The molecule has 3 aromatic carbocycles. The van der Waals surface area contributed by atoms with E-state index in [1.165, 1.54) is 12.1 Å². The van der Waals surface area contributed by atoms with E-state index in [-0.39, 0.29) is 18.3 Å². The molecular formula is C23H22FNO4. The van der Waals surface area contributed by atoms with Gasteiger partial charge in [-0.25, -0.2) is 4.39 Å². The normalized spacial score (nSPS) is 10.4. The second kappa shape index (κ2) is 10.2. The minimum atomic E-state index is -0.290. The molecule has 0 spiro atoms. The van der Waals surface area contributed by atoms with E-state index in [1.54, 1.807) is 67.8 Å². The average Bonchev–Trinajstić information content (AvgIpc) is 2.75. The first-order valence-corrected chi connectivity index (χ1v) is 9.14. The maximum Gasteiger partial charge on any atom is 0.255 e. The van der Waals surface area contributed by atoms with E-state index in [0.29, 0.717) is 36.0 Å². The SMILES string of the molecule is COCCOc1ccc(NC(=O)c2cccc(OCc3ccc(F)cc3)c2)cc1. The zero-order chi connectivity index (χ0) is 20.5. The third-order valence-electron chi connectivity index (χ3n) is 4.08. The molecule has 5 nitrogen and oxygen atoms in total. The van der Waals surface area contributed by atoms with Crippen molar-refractivity contribution in [2.45, 2.75) is 6.61 Å². The van der Waals surface area contributed by atoms with Gasteiger partial charge in [0.1, 0.15) is 30.5 Å². The van der Waals surface area contributed by atoms with Crippen LogP contribution in [0.5, 0.6) is 11.5 Å². The number of carbonyl (C=O) groups excluding carboxylic acids is 1. The number of hydrogen-bond acceptors (Lipinski definition) is 4. The number of methoxy groups -OCH3 is 1. The summed E-state index contributed by atoms with van der Waals surface area (Å²) in [5, 5.41) is 2.84. The van der Waals surface area contributed by atoms with E-state index < -0.39 is 0 Å². The van der Waals surface area contributed by atoms with Crippen LogP contribution in [0.3, 0.4) is 0 Å². The summed E-state index contributed by atoms with van der Waals surface area (Å²) < 4.78 is 29.1. The summed E-state index contributed by atoms with van der Waals surface area (Å²) in [5.41, 5.74) is 1.97. The molecule has 6 heteroatoms. The van der Waals surface area contributed by atoms with E-state index in [9.17, 15) is 9.18 Å². The monoisotopic (exact) mass is 395 g/mol. The molecule has 0 saturated carbocycles. The Morgan fingerprint density at radius 1 is 0.897 bits per heavy atom. The molecule has 150 valence electrons. The van der Waals surface area contributed by atoms with Crippen molar-refractivity contribution in [3.63, 3.8) is 0 Å². The van der Waals surface area contributed by atoms with Gasteiger partial charge in [-0.05, 0) is 60.2 Å². The second-order valence-corrected chi connectivity index (χ2v) is 6.26. The number of anilines is 1. The summed E-state index contributed by atoms with van der Waals surface area (Å²) in [4.78, 5) is 12.5. The van der Waals surface area contributed by atoms with Crippen LogP contribution in [0.2, 0.25) is 0 Å². The molecule has 0 bridgehead atoms. The van der Waals surface area contributed by atoms with Crippen LogP contribution < -0.4 is 14.8 Å². The predicted octanol–water partition coefficient (Wildman–Crippen LogP) is 4.68. The molecule has 0 radical (unpaired) electrons. The fourth-order valence-corrected chi connectivity index (χ4v) is 2.56. The topological polar surface area (TPSA) is 56.8 Å². The summed E-state index contributed by atoms with van der Waals surface area (Å²) in [6.45, 7) is 1.26. The average molecular weight is 395 g/mol. The third-order valence-corrected chi connectivity index (χ3v) is 4.08. The highest BCUT2D eigenvalue weighted by atomic mass is 19.1. The van der Waals surface area contributed by atoms with Crippen molar-refractivity contribution in [1.82, 2.24) is 0 Å². The van der Waals surface area contributed by atoms with Crippen molar-refractivity contribution < 1.29 is 23.4 Å². The third kappa shape index (κ3) is 6.33.